The van der Waals surface area contributed by atoms with Gasteiger partial charge in [-0.2, -0.15) is 8.42 Å². The Labute approximate surface area is 353 Å². The number of carbonyl (C=O) groups excluding carboxylic acids is 1. The summed E-state index contributed by atoms with van der Waals surface area (Å²) in [6, 6.07) is -0.937. The highest BCUT2D eigenvalue weighted by Gasteiger charge is 2.48. The number of rotatable bonds is 40. The third-order valence-corrected chi connectivity index (χ3v) is 11.8. The smallest absolute Gasteiger partial charge is 0.394 e. The molecule has 13 heteroatoms. The molecule has 1 amide bonds. The van der Waals surface area contributed by atoms with Gasteiger partial charge in [-0.15, -0.1) is 0 Å². The minimum Gasteiger partial charge on any atom is -0.394 e. The maximum absolute atomic E-state index is 13.0. The van der Waals surface area contributed by atoms with E-state index in [0.29, 0.717) is 6.42 Å². The van der Waals surface area contributed by atoms with Crippen LogP contribution in [0.1, 0.15) is 213 Å². The summed E-state index contributed by atoms with van der Waals surface area (Å²) in [5, 5.41) is 44.7. The van der Waals surface area contributed by atoms with Crippen LogP contribution in [-0.2, 0) is 28.9 Å². The Morgan fingerprint density at radius 2 is 1.09 bits per heavy atom. The molecule has 1 rings (SSSR count). The molecule has 12 nitrogen and oxygen atoms in total. The van der Waals surface area contributed by atoms with E-state index in [2.05, 4.69) is 23.3 Å². The summed E-state index contributed by atoms with van der Waals surface area (Å²) >= 11 is 0. The first kappa shape index (κ1) is 54.9. The van der Waals surface area contributed by atoms with Gasteiger partial charge >= 0.3 is 10.4 Å². The van der Waals surface area contributed by atoms with Crippen LogP contribution < -0.4 is 5.32 Å². The van der Waals surface area contributed by atoms with Gasteiger partial charge in [0.05, 0.1) is 25.4 Å². The summed E-state index contributed by atoms with van der Waals surface area (Å²) < 4.78 is 47.6. The normalized spacial score (nSPS) is 21.1. The minimum atomic E-state index is -5.08. The predicted molar refractivity (Wildman–Crippen MR) is 232 cm³/mol. The van der Waals surface area contributed by atoms with Gasteiger partial charge in [0.1, 0.15) is 24.4 Å². The Bertz CT molecular complexity index is 1090. The lowest BCUT2D eigenvalue weighted by atomic mass is 9.99. The van der Waals surface area contributed by atoms with Crippen molar-refractivity contribution in [3.05, 3.63) is 12.2 Å². The first-order valence-corrected chi connectivity index (χ1v) is 24.9. The molecule has 6 N–H and O–H groups in total. The number of hydrogen-bond acceptors (Lipinski definition) is 10. The summed E-state index contributed by atoms with van der Waals surface area (Å²) in [7, 11) is -5.08. The van der Waals surface area contributed by atoms with Crippen molar-refractivity contribution >= 4 is 16.3 Å². The van der Waals surface area contributed by atoms with Crippen molar-refractivity contribution in [2.45, 2.75) is 256 Å². The lowest BCUT2D eigenvalue weighted by molar-refractivity contribution is -0.298. The summed E-state index contributed by atoms with van der Waals surface area (Å²) in [6.07, 6.45) is 31.0. The molecule has 0 spiro atoms. The molecule has 1 aliphatic heterocycles. The Hall–Kier alpha value is -1.16. The largest absolute Gasteiger partial charge is 0.397 e. The summed E-state index contributed by atoms with van der Waals surface area (Å²) in [5.41, 5.74) is 0. The van der Waals surface area contributed by atoms with Crippen molar-refractivity contribution in [1.29, 1.82) is 0 Å². The Morgan fingerprint density at radius 1 is 0.672 bits per heavy atom. The SMILES string of the molecule is CCCCCCCCCCCCCCCC/C=C/C(O)C(COC1OC(CO)C(O)C(OS(=O)(=O)O)C1O)NC(=O)CCCCCCCCCCCCCCCCC. The number of aliphatic hydroxyl groups is 4. The fourth-order valence-corrected chi connectivity index (χ4v) is 8.14. The molecule has 0 aromatic rings. The van der Waals surface area contributed by atoms with Crippen molar-refractivity contribution in [3.63, 3.8) is 0 Å². The first-order valence-electron chi connectivity index (χ1n) is 23.6. The van der Waals surface area contributed by atoms with Crippen LogP contribution >= 0.6 is 0 Å². The molecule has 7 unspecified atom stereocenters. The molecular formula is C45H87NO11S. The molecule has 1 heterocycles. The quantitative estimate of drug-likeness (QED) is 0.0196. The lowest BCUT2D eigenvalue weighted by Crippen LogP contribution is -2.61. The number of ether oxygens (including phenoxy) is 2. The third kappa shape index (κ3) is 29.2. The molecule has 7 atom stereocenters. The summed E-state index contributed by atoms with van der Waals surface area (Å²) in [5.74, 6) is -0.260. The zero-order valence-corrected chi connectivity index (χ0v) is 37.4. The van der Waals surface area contributed by atoms with Crippen molar-refractivity contribution in [1.82, 2.24) is 5.32 Å². The molecule has 1 saturated heterocycles. The maximum atomic E-state index is 13.0. The van der Waals surface area contributed by atoms with Gasteiger partial charge in [-0.05, 0) is 19.3 Å². The van der Waals surface area contributed by atoms with Crippen LogP contribution in [0.2, 0.25) is 0 Å². The van der Waals surface area contributed by atoms with Gasteiger partial charge in [0, 0.05) is 6.42 Å². The topological polar surface area (TPSA) is 192 Å². The minimum absolute atomic E-state index is 0.260. The molecule has 0 radical (unpaired) electrons. The average molecular weight is 850 g/mol. The van der Waals surface area contributed by atoms with Crippen LogP contribution in [0.4, 0.5) is 0 Å². The molecular weight excluding hydrogens is 763 g/mol. The van der Waals surface area contributed by atoms with Gasteiger partial charge in [-0.1, -0.05) is 199 Å². The van der Waals surface area contributed by atoms with E-state index in [-0.39, 0.29) is 18.9 Å². The van der Waals surface area contributed by atoms with Crippen LogP contribution in [-0.4, -0.2) is 95.4 Å². The Morgan fingerprint density at radius 3 is 1.50 bits per heavy atom. The lowest BCUT2D eigenvalue weighted by Gasteiger charge is -2.41. The van der Waals surface area contributed by atoms with Gasteiger partial charge in [-0.25, -0.2) is 4.18 Å². The molecule has 0 saturated carbocycles. The number of nitrogens with one attached hydrogen (secondary N) is 1. The molecule has 0 aliphatic carbocycles. The standard InChI is InChI=1S/C45H87NO11S/c1-3-5-7-9-11-13-15-17-19-21-22-24-26-28-30-32-34-39(48)38(37-55-45-43(51)44(57-58(52,53)54)42(50)40(36-47)56-45)46-41(49)35-33-31-29-27-25-23-20-18-16-14-12-10-8-6-4-2/h32,34,38-40,42-45,47-48,50-51H,3-31,33,35-37H2,1-2H3,(H,46,49)(H,52,53,54)/b34-32+. The van der Waals surface area contributed by atoms with Crippen molar-refractivity contribution in [2.24, 2.45) is 0 Å². The highest BCUT2D eigenvalue weighted by molar-refractivity contribution is 7.80. The molecule has 1 fully saturated rings. The van der Waals surface area contributed by atoms with E-state index in [0.717, 1.165) is 38.5 Å². The molecule has 1 aliphatic rings. The second-order valence-corrected chi connectivity index (χ2v) is 17.8. The van der Waals surface area contributed by atoms with E-state index < -0.39 is 59.9 Å². The number of carbonyl (C=O) groups is 1. The second kappa shape index (κ2) is 36.5. The fourth-order valence-electron chi connectivity index (χ4n) is 7.63. The van der Waals surface area contributed by atoms with Gasteiger partial charge in [-0.3, -0.25) is 9.35 Å². The number of aliphatic hydroxyl groups excluding tert-OH is 4. The van der Waals surface area contributed by atoms with Gasteiger partial charge < -0.3 is 35.2 Å². The van der Waals surface area contributed by atoms with Crippen LogP contribution in [0, 0.1) is 0 Å². The number of unbranched alkanes of at least 4 members (excludes halogenated alkanes) is 28. The van der Waals surface area contributed by atoms with E-state index in [1.54, 1.807) is 6.08 Å². The van der Waals surface area contributed by atoms with Crippen molar-refractivity contribution in [2.75, 3.05) is 13.2 Å². The van der Waals surface area contributed by atoms with Gasteiger partial charge in [0.15, 0.2) is 6.29 Å². The molecule has 58 heavy (non-hydrogen) atoms. The van der Waals surface area contributed by atoms with Crippen LogP contribution in [0.25, 0.3) is 0 Å². The highest BCUT2D eigenvalue weighted by atomic mass is 32.3. The molecule has 0 aromatic heterocycles. The van der Waals surface area contributed by atoms with Gasteiger partial charge in [0.2, 0.25) is 5.91 Å². The predicted octanol–water partition coefficient (Wildman–Crippen LogP) is 9.16. The van der Waals surface area contributed by atoms with E-state index in [1.165, 1.54) is 148 Å². The van der Waals surface area contributed by atoms with Crippen molar-refractivity contribution in [3.8, 4) is 0 Å². The van der Waals surface area contributed by atoms with E-state index in [9.17, 15) is 38.2 Å². The van der Waals surface area contributed by atoms with E-state index >= 15 is 0 Å². The van der Waals surface area contributed by atoms with Crippen LogP contribution in [0.5, 0.6) is 0 Å². The van der Waals surface area contributed by atoms with E-state index in [1.807, 2.05) is 6.08 Å². The summed E-state index contributed by atoms with van der Waals surface area (Å²) in [6.45, 7) is 3.39. The zero-order chi connectivity index (χ0) is 42.7. The second-order valence-electron chi connectivity index (χ2n) is 16.7. The Balaban J connectivity index is 2.52. The zero-order valence-electron chi connectivity index (χ0n) is 36.6. The molecule has 344 valence electrons. The highest BCUT2D eigenvalue weighted by Crippen LogP contribution is 2.26. The van der Waals surface area contributed by atoms with Crippen LogP contribution in [0.3, 0.4) is 0 Å². The van der Waals surface area contributed by atoms with Crippen LogP contribution in [0.15, 0.2) is 12.2 Å². The number of allylic oxidation sites excluding steroid dienone is 1. The first-order chi connectivity index (χ1) is 28.0. The number of amides is 1. The van der Waals surface area contributed by atoms with E-state index in [4.69, 9.17) is 9.47 Å². The fraction of sp³-hybridized carbons (Fsp3) is 0.933. The summed E-state index contributed by atoms with van der Waals surface area (Å²) in [4.78, 5) is 13.0. The molecule has 0 bridgehead atoms. The molecule has 0 aromatic carbocycles. The van der Waals surface area contributed by atoms with Gasteiger partial charge in [0.25, 0.3) is 0 Å². The van der Waals surface area contributed by atoms with Crippen molar-refractivity contribution < 1.29 is 51.8 Å². The average Bonchev–Trinajstić information content (AvgIpc) is 3.19. The third-order valence-electron chi connectivity index (χ3n) is 11.3. The monoisotopic (exact) mass is 850 g/mol. The maximum Gasteiger partial charge on any atom is 0.397 e. The Kier molecular flexibility index (Phi) is 34.5. The number of hydrogen-bond donors (Lipinski definition) is 6.